The second-order valence-electron chi connectivity index (χ2n) is 6.82. The van der Waals surface area contributed by atoms with Crippen molar-refractivity contribution in [2.75, 3.05) is 0 Å². The summed E-state index contributed by atoms with van der Waals surface area (Å²) in [5, 5.41) is 1.10. The zero-order valence-electron chi connectivity index (χ0n) is 15.8. The number of para-hydroxylation sites is 1. The third-order valence-corrected chi connectivity index (χ3v) is 4.95. The van der Waals surface area contributed by atoms with E-state index in [1.54, 1.807) is 4.57 Å². The lowest BCUT2D eigenvalue weighted by Crippen LogP contribution is -2.40. The fourth-order valence-electron chi connectivity index (χ4n) is 3.65. The molecule has 0 amide bonds. The lowest BCUT2D eigenvalue weighted by molar-refractivity contribution is 0.555. The van der Waals surface area contributed by atoms with Crippen molar-refractivity contribution >= 4 is 22.1 Å². The van der Waals surface area contributed by atoms with Crippen LogP contribution in [0.4, 0.5) is 0 Å². The minimum atomic E-state index is -0.304. The van der Waals surface area contributed by atoms with Crippen LogP contribution in [0.5, 0.6) is 0 Å². The molecule has 140 valence electrons. The van der Waals surface area contributed by atoms with Crippen LogP contribution in [-0.2, 0) is 20.1 Å². The first kappa shape index (κ1) is 17.3. The number of fused-ring (bicyclic) bond motifs is 2. The van der Waals surface area contributed by atoms with Gasteiger partial charge in [-0.1, -0.05) is 32.0 Å². The maximum atomic E-state index is 12.9. The molecule has 0 unspecified atom stereocenters. The molecule has 0 aliphatic rings. The van der Waals surface area contributed by atoms with Gasteiger partial charge in [0.15, 0.2) is 11.5 Å². The Bertz CT molecular complexity index is 1260. The van der Waals surface area contributed by atoms with Crippen LogP contribution in [0.1, 0.15) is 26.7 Å². The molecule has 3 heterocycles. The molecule has 1 N–H and O–H groups in total. The summed E-state index contributed by atoms with van der Waals surface area (Å²) in [6, 6.07) is 10.1. The highest BCUT2D eigenvalue weighted by Crippen LogP contribution is 2.26. The molecule has 0 atom stereocenters. The van der Waals surface area contributed by atoms with E-state index in [4.69, 9.17) is 0 Å². The van der Waals surface area contributed by atoms with E-state index in [2.05, 4.69) is 9.97 Å². The number of benzene rings is 1. The molecule has 27 heavy (non-hydrogen) atoms. The monoisotopic (exact) mass is 365 g/mol. The van der Waals surface area contributed by atoms with Crippen molar-refractivity contribution in [3.63, 3.8) is 0 Å². The predicted octanol–water partition coefficient (Wildman–Crippen LogP) is 2.87. The number of nitrogens with zero attached hydrogens (tertiary/aromatic N) is 4. The molecule has 3 aromatic heterocycles. The number of imidazole rings is 1. The molecular weight excluding hydrogens is 342 g/mol. The largest absolute Gasteiger partial charge is 0.341 e. The van der Waals surface area contributed by atoms with E-state index < -0.39 is 0 Å². The topological polar surface area (TPSA) is 77.6 Å². The van der Waals surface area contributed by atoms with Gasteiger partial charge in [-0.25, -0.2) is 9.78 Å². The number of H-pyrrole nitrogens is 1. The number of rotatable bonds is 5. The lowest BCUT2D eigenvalue weighted by atomic mass is 10.2. The number of aryl methyl sites for hydroxylation is 2. The van der Waals surface area contributed by atoms with Crippen LogP contribution in [0.15, 0.2) is 39.9 Å². The van der Waals surface area contributed by atoms with Gasteiger partial charge in [0.25, 0.3) is 5.56 Å². The first-order chi connectivity index (χ1) is 13.1. The Balaban J connectivity index is 2.02. The van der Waals surface area contributed by atoms with Gasteiger partial charge in [-0.3, -0.25) is 13.9 Å². The van der Waals surface area contributed by atoms with Crippen LogP contribution in [0.25, 0.3) is 33.6 Å². The summed E-state index contributed by atoms with van der Waals surface area (Å²) in [4.78, 5) is 33.5. The van der Waals surface area contributed by atoms with Crippen molar-refractivity contribution in [3.8, 4) is 11.5 Å². The van der Waals surface area contributed by atoms with Crippen molar-refractivity contribution in [3.05, 3.63) is 51.2 Å². The Labute approximate surface area is 155 Å². The van der Waals surface area contributed by atoms with Crippen LogP contribution >= 0.6 is 0 Å². The van der Waals surface area contributed by atoms with Crippen molar-refractivity contribution < 1.29 is 0 Å². The standard InChI is InChI=1S/C20H23N5O2/c1-4-10-24-18-16(19(26)25(11-5-2)20(24)27)21-17(22-18)15-12-13-8-6-7-9-14(13)23(15)3/h6-9,12H,4-5,10-11H2,1-3H3,(H,21,22). The highest BCUT2D eigenvalue weighted by Gasteiger charge is 2.19. The van der Waals surface area contributed by atoms with Crippen LogP contribution in [0, 0.1) is 0 Å². The maximum absolute atomic E-state index is 12.9. The smallest absolute Gasteiger partial charge is 0.332 e. The van der Waals surface area contributed by atoms with Crippen molar-refractivity contribution in [2.45, 2.75) is 39.8 Å². The van der Waals surface area contributed by atoms with Crippen LogP contribution in [0.2, 0.25) is 0 Å². The van der Waals surface area contributed by atoms with Crippen molar-refractivity contribution in [1.29, 1.82) is 0 Å². The zero-order chi connectivity index (χ0) is 19.1. The minimum absolute atomic E-state index is 0.286. The Hall–Kier alpha value is -3.09. The molecular formula is C20H23N5O2. The summed E-state index contributed by atoms with van der Waals surface area (Å²) in [5.41, 5.74) is 2.19. The first-order valence-electron chi connectivity index (χ1n) is 9.35. The van der Waals surface area contributed by atoms with Gasteiger partial charge in [0.05, 0.1) is 5.69 Å². The van der Waals surface area contributed by atoms with E-state index in [-0.39, 0.29) is 11.2 Å². The molecule has 0 bridgehead atoms. The highest BCUT2D eigenvalue weighted by atomic mass is 16.2. The predicted molar refractivity (Wildman–Crippen MR) is 107 cm³/mol. The van der Waals surface area contributed by atoms with Gasteiger partial charge < -0.3 is 9.55 Å². The quantitative estimate of drug-likeness (QED) is 0.591. The number of hydrogen-bond donors (Lipinski definition) is 1. The number of aromatic amines is 1. The van der Waals surface area contributed by atoms with Gasteiger partial charge >= 0.3 is 5.69 Å². The van der Waals surface area contributed by atoms with Gasteiger partial charge in [0.2, 0.25) is 0 Å². The molecule has 7 heteroatoms. The van der Waals surface area contributed by atoms with Gasteiger partial charge in [-0.2, -0.15) is 0 Å². The molecule has 4 rings (SSSR count). The van der Waals surface area contributed by atoms with E-state index in [0.717, 1.165) is 29.4 Å². The average Bonchev–Trinajstić information content (AvgIpc) is 3.24. The summed E-state index contributed by atoms with van der Waals surface area (Å²) in [5.74, 6) is 0.597. The van der Waals surface area contributed by atoms with Crippen molar-refractivity contribution in [2.24, 2.45) is 7.05 Å². The second-order valence-corrected chi connectivity index (χ2v) is 6.82. The van der Waals surface area contributed by atoms with Crippen molar-refractivity contribution in [1.82, 2.24) is 23.7 Å². The van der Waals surface area contributed by atoms with Crippen LogP contribution < -0.4 is 11.2 Å². The highest BCUT2D eigenvalue weighted by molar-refractivity contribution is 5.87. The fourth-order valence-corrected chi connectivity index (χ4v) is 3.65. The van der Waals surface area contributed by atoms with E-state index in [9.17, 15) is 9.59 Å². The van der Waals surface area contributed by atoms with Crippen LogP contribution in [-0.4, -0.2) is 23.7 Å². The van der Waals surface area contributed by atoms with E-state index in [0.29, 0.717) is 30.1 Å². The molecule has 0 spiro atoms. The number of nitrogens with one attached hydrogen (secondary N) is 1. The molecule has 0 radical (unpaired) electrons. The Morgan fingerprint density at radius 3 is 2.44 bits per heavy atom. The minimum Gasteiger partial charge on any atom is -0.341 e. The van der Waals surface area contributed by atoms with Gasteiger partial charge in [-0.15, -0.1) is 0 Å². The second kappa shape index (κ2) is 6.57. The van der Waals surface area contributed by atoms with E-state index >= 15 is 0 Å². The normalized spacial score (nSPS) is 11.7. The summed E-state index contributed by atoms with van der Waals surface area (Å²) in [7, 11) is 1.97. The summed E-state index contributed by atoms with van der Waals surface area (Å²) in [6.07, 6.45) is 1.51. The molecule has 0 aliphatic carbocycles. The Morgan fingerprint density at radius 2 is 1.74 bits per heavy atom. The molecule has 1 aromatic carbocycles. The molecule has 0 saturated carbocycles. The SMILES string of the molecule is CCCn1c(=O)c2[nH]c(-c3cc4ccccc4n3C)nc2n(CCC)c1=O. The Morgan fingerprint density at radius 1 is 1.04 bits per heavy atom. The lowest BCUT2D eigenvalue weighted by Gasteiger charge is -2.09. The summed E-state index contributed by atoms with van der Waals surface area (Å²) < 4.78 is 4.95. The number of hydrogen-bond acceptors (Lipinski definition) is 3. The third-order valence-electron chi connectivity index (χ3n) is 4.95. The van der Waals surface area contributed by atoms with Gasteiger partial charge in [0.1, 0.15) is 5.52 Å². The maximum Gasteiger partial charge on any atom is 0.332 e. The van der Waals surface area contributed by atoms with E-state index in [1.807, 2.05) is 55.8 Å². The Kier molecular flexibility index (Phi) is 4.22. The number of aromatic nitrogens is 5. The molecule has 0 saturated heterocycles. The van der Waals surface area contributed by atoms with Gasteiger partial charge in [-0.05, 0) is 25.0 Å². The van der Waals surface area contributed by atoms with Crippen LogP contribution in [0.3, 0.4) is 0 Å². The van der Waals surface area contributed by atoms with Gasteiger partial charge in [0, 0.05) is 31.0 Å². The summed E-state index contributed by atoms with van der Waals surface area (Å²) in [6.45, 7) is 4.89. The molecule has 7 nitrogen and oxygen atoms in total. The summed E-state index contributed by atoms with van der Waals surface area (Å²) >= 11 is 0. The first-order valence-corrected chi connectivity index (χ1v) is 9.35. The third kappa shape index (κ3) is 2.61. The molecule has 4 aromatic rings. The molecule has 0 aliphatic heterocycles. The zero-order valence-corrected chi connectivity index (χ0v) is 15.8. The van der Waals surface area contributed by atoms with E-state index in [1.165, 1.54) is 4.57 Å². The average molecular weight is 365 g/mol. The molecule has 0 fully saturated rings. The fraction of sp³-hybridized carbons (Fsp3) is 0.350.